The van der Waals surface area contributed by atoms with Gasteiger partial charge in [-0.05, 0) is 24.6 Å². The third-order valence-electron chi connectivity index (χ3n) is 2.42. The maximum absolute atomic E-state index is 13.1. The van der Waals surface area contributed by atoms with Crippen molar-refractivity contribution in [3.63, 3.8) is 0 Å². The van der Waals surface area contributed by atoms with Crippen molar-refractivity contribution in [3.8, 4) is 0 Å². The molecule has 0 aliphatic carbocycles. The topological polar surface area (TPSA) is 80.7 Å². The van der Waals surface area contributed by atoms with Gasteiger partial charge in [-0.15, -0.1) is 0 Å². The number of carbonyl (C=O) groups excluding carboxylic acids is 1. The summed E-state index contributed by atoms with van der Waals surface area (Å²) in [5.41, 5.74) is 1.60. The Kier molecular flexibility index (Phi) is 5.19. The molecule has 8 heteroatoms. The third-order valence-corrected chi connectivity index (χ3v) is 3.21. The minimum absolute atomic E-state index is 0.0441. The molecular formula is C13H14F2O5S. The maximum Gasteiger partial charge on any atom is 0.338 e. The molecule has 0 spiro atoms. The normalized spacial score (nSPS) is 12.0. The number of ether oxygens (including phenoxy) is 1. The van der Waals surface area contributed by atoms with Crippen LogP contribution in [0.5, 0.6) is 0 Å². The highest BCUT2D eigenvalue weighted by atomic mass is 32.2. The molecule has 0 unspecified atom stereocenters. The second-order valence-corrected chi connectivity index (χ2v) is 5.97. The van der Waals surface area contributed by atoms with Crippen molar-refractivity contribution in [1.29, 1.82) is 0 Å². The van der Waals surface area contributed by atoms with Crippen molar-refractivity contribution in [1.82, 2.24) is 0 Å². The molecule has 1 aromatic rings. The number of rotatable bonds is 6. The van der Waals surface area contributed by atoms with Gasteiger partial charge in [0.25, 0.3) is 16.0 Å². The van der Waals surface area contributed by atoms with Crippen molar-refractivity contribution in [2.24, 2.45) is 0 Å². The molecule has 0 aliphatic rings. The standard InChI is InChI=1S/C13H14F2O5S/c1-9(2)10-3-5-11(6-4-10)12(16)20-7-13(14,15)8-21(17,18)19/h3-6H,1,7-8H2,2H3,(H,17,18,19). The van der Waals surface area contributed by atoms with Crippen molar-refractivity contribution in [2.75, 3.05) is 12.4 Å². The molecule has 0 aliphatic heterocycles. The van der Waals surface area contributed by atoms with E-state index < -0.39 is 34.4 Å². The highest BCUT2D eigenvalue weighted by Crippen LogP contribution is 2.18. The number of benzene rings is 1. The SMILES string of the molecule is C=C(C)c1ccc(C(=O)OCC(F)(F)CS(=O)(=O)O)cc1. The average molecular weight is 320 g/mol. The van der Waals surface area contributed by atoms with Crippen LogP contribution in [0.3, 0.4) is 0 Å². The second kappa shape index (κ2) is 6.31. The third kappa shape index (κ3) is 6.01. The van der Waals surface area contributed by atoms with Gasteiger partial charge in [-0.25, -0.2) is 13.6 Å². The Balaban J connectivity index is 2.67. The number of alkyl halides is 2. The van der Waals surface area contributed by atoms with Crippen LogP contribution in [0.25, 0.3) is 5.57 Å². The van der Waals surface area contributed by atoms with E-state index in [0.29, 0.717) is 0 Å². The number of hydrogen-bond donors (Lipinski definition) is 1. The van der Waals surface area contributed by atoms with Crippen LogP contribution in [0.15, 0.2) is 30.8 Å². The quantitative estimate of drug-likeness (QED) is 0.643. The molecule has 116 valence electrons. The monoisotopic (exact) mass is 320 g/mol. The molecule has 5 nitrogen and oxygen atoms in total. The van der Waals surface area contributed by atoms with E-state index in [1.165, 1.54) is 12.1 Å². The average Bonchev–Trinajstić information content (AvgIpc) is 2.33. The van der Waals surface area contributed by atoms with Gasteiger partial charge < -0.3 is 4.74 Å². The maximum atomic E-state index is 13.1. The first-order chi connectivity index (χ1) is 9.50. The van der Waals surface area contributed by atoms with Gasteiger partial charge in [-0.2, -0.15) is 8.42 Å². The number of carbonyl (C=O) groups is 1. The van der Waals surface area contributed by atoms with E-state index in [-0.39, 0.29) is 5.56 Å². The summed E-state index contributed by atoms with van der Waals surface area (Å²) in [6.07, 6.45) is 0. The van der Waals surface area contributed by atoms with E-state index >= 15 is 0 Å². The molecule has 1 N–H and O–H groups in total. The first-order valence-electron chi connectivity index (χ1n) is 5.76. The van der Waals surface area contributed by atoms with E-state index in [4.69, 9.17) is 4.55 Å². The zero-order valence-corrected chi connectivity index (χ0v) is 12.0. The van der Waals surface area contributed by atoms with Crippen LogP contribution in [0, 0.1) is 0 Å². The van der Waals surface area contributed by atoms with E-state index in [0.717, 1.165) is 11.1 Å². The van der Waals surface area contributed by atoms with Gasteiger partial charge in [-0.3, -0.25) is 4.55 Å². The Hall–Kier alpha value is -1.80. The summed E-state index contributed by atoms with van der Waals surface area (Å²) in [5.74, 6) is -6.68. The summed E-state index contributed by atoms with van der Waals surface area (Å²) >= 11 is 0. The molecule has 21 heavy (non-hydrogen) atoms. The van der Waals surface area contributed by atoms with Crippen molar-refractivity contribution < 1.29 is 31.3 Å². The Bertz CT molecular complexity index is 635. The highest BCUT2D eigenvalue weighted by molar-refractivity contribution is 7.85. The Morgan fingerprint density at radius 2 is 1.76 bits per heavy atom. The van der Waals surface area contributed by atoms with E-state index in [1.807, 2.05) is 0 Å². The van der Waals surface area contributed by atoms with Gasteiger partial charge in [0.2, 0.25) is 0 Å². The number of allylic oxidation sites excluding steroid dienone is 1. The van der Waals surface area contributed by atoms with Gasteiger partial charge >= 0.3 is 5.97 Å². The second-order valence-electron chi connectivity index (χ2n) is 4.52. The van der Waals surface area contributed by atoms with Crippen molar-refractivity contribution >= 4 is 21.7 Å². The predicted molar refractivity (Wildman–Crippen MR) is 72.8 cm³/mol. The molecule has 0 bridgehead atoms. The molecule has 0 fully saturated rings. The number of esters is 1. The molecular weight excluding hydrogens is 306 g/mol. The number of halogens is 2. The Labute approximate surface area is 121 Å². The van der Waals surface area contributed by atoms with Crippen molar-refractivity contribution in [3.05, 3.63) is 42.0 Å². The molecule has 0 saturated carbocycles. The van der Waals surface area contributed by atoms with Crippen LogP contribution in [-0.4, -0.2) is 37.2 Å². The predicted octanol–water partition coefficient (Wildman–Crippen LogP) is 2.40. The molecule has 0 amide bonds. The lowest BCUT2D eigenvalue weighted by Crippen LogP contribution is -2.33. The van der Waals surface area contributed by atoms with E-state index in [1.54, 1.807) is 19.1 Å². The van der Waals surface area contributed by atoms with Gasteiger partial charge in [-0.1, -0.05) is 24.3 Å². The van der Waals surface area contributed by atoms with Gasteiger partial charge in [0.1, 0.15) is 5.75 Å². The Morgan fingerprint density at radius 3 is 2.19 bits per heavy atom. The zero-order valence-electron chi connectivity index (χ0n) is 11.2. The highest BCUT2D eigenvalue weighted by Gasteiger charge is 2.36. The first-order valence-corrected chi connectivity index (χ1v) is 7.37. The van der Waals surface area contributed by atoms with Crippen LogP contribution < -0.4 is 0 Å². The molecule has 0 aromatic heterocycles. The summed E-state index contributed by atoms with van der Waals surface area (Å²) in [4.78, 5) is 11.5. The lowest BCUT2D eigenvalue weighted by molar-refractivity contribution is -0.0449. The zero-order chi connectivity index (χ0) is 16.3. The largest absolute Gasteiger partial charge is 0.456 e. The smallest absolute Gasteiger partial charge is 0.338 e. The molecule has 0 heterocycles. The van der Waals surface area contributed by atoms with E-state index in [2.05, 4.69) is 11.3 Å². The Morgan fingerprint density at radius 1 is 1.29 bits per heavy atom. The van der Waals surface area contributed by atoms with Crippen LogP contribution >= 0.6 is 0 Å². The molecule has 0 radical (unpaired) electrons. The first kappa shape index (κ1) is 17.3. The lowest BCUT2D eigenvalue weighted by atomic mass is 10.1. The lowest BCUT2D eigenvalue weighted by Gasteiger charge is -2.14. The minimum Gasteiger partial charge on any atom is -0.456 e. The van der Waals surface area contributed by atoms with Crippen LogP contribution in [0.4, 0.5) is 8.78 Å². The van der Waals surface area contributed by atoms with Gasteiger partial charge in [0.05, 0.1) is 5.56 Å². The van der Waals surface area contributed by atoms with Crippen LogP contribution in [0.2, 0.25) is 0 Å². The summed E-state index contributed by atoms with van der Waals surface area (Å²) in [6, 6.07) is 5.92. The summed E-state index contributed by atoms with van der Waals surface area (Å²) in [7, 11) is -4.86. The summed E-state index contributed by atoms with van der Waals surface area (Å²) in [5, 5.41) is 0. The molecule has 1 rings (SSSR count). The fraction of sp³-hybridized carbons (Fsp3) is 0.308. The van der Waals surface area contributed by atoms with E-state index in [9.17, 15) is 22.0 Å². The molecule has 0 atom stereocenters. The van der Waals surface area contributed by atoms with Crippen LogP contribution in [-0.2, 0) is 14.9 Å². The summed E-state index contributed by atoms with van der Waals surface area (Å²) in [6.45, 7) is 4.04. The van der Waals surface area contributed by atoms with Crippen molar-refractivity contribution in [2.45, 2.75) is 12.8 Å². The van der Waals surface area contributed by atoms with Gasteiger partial charge in [0, 0.05) is 0 Å². The van der Waals surface area contributed by atoms with Crippen LogP contribution in [0.1, 0.15) is 22.8 Å². The molecule has 1 aromatic carbocycles. The molecule has 0 saturated heterocycles. The fourth-order valence-corrected chi connectivity index (χ4v) is 2.07. The van der Waals surface area contributed by atoms with Gasteiger partial charge in [0.15, 0.2) is 6.61 Å². The minimum atomic E-state index is -4.86. The fourth-order valence-electron chi connectivity index (χ4n) is 1.45. The number of hydrogen-bond acceptors (Lipinski definition) is 4. The summed E-state index contributed by atoms with van der Waals surface area (Å²) < 4.78 is 59.8.